The van der Waals surface area contributed by atoms with Gasteiger partial charge in [-0.15, -0.1) is 0 Å². The first kappa shape index (κ1) is 13.2. The van der Waals surface area contributed by atoms with Gasteiger partial charge in [0.05, 0.1) is 24.2 Å². The molecule has 1 atom stereocenters. The maximum atomic E-state index is 10.7. The van der Waals surface area contributed by atoms with Gasteiger partial charge in [-0.3, -0.25) is 10.1 Å². The highest BCUT2D eigenvalue weighted by Gasteiger charge is 2.10. The largest absolute Gasteiger partial charge is 0.496 e. The van der Waals surface area contributed by atoms with Gasteiger partial charge < -0.3 is 14.8 Å². The van der Waals surface area contributed by atoms with Crippen molar-refractivity contribution in [1.29, 1.82) is 0 Å². The molecular weight excluding hydrogens is 224 g/mol. The molecule has 1 aromatic carbocycles. The van der Waals surface area contributed by atoms with E-state index in [1.54, 1.807) is 13.2 Å². The van der Waals surface area contributed by atoms with Crippen LogP contribution in [0.2, 0.25) is 0 Å². The summed E-state index contributed by atoms with van der Waals surface area (Å²) < 4.78 is 10.1. The van der Waals surface area contributed by atoms with Crippen LogP contribution in [0.5, 0.6) is 5.75 Å². The summed E-state index contributed by atoms with van der Waals surface area (Å²) in [6.07, 6.45) is 0.0280. The lowest BCUT2D eigenvalue weighted by molar-refractivity contribution is -0.384. The third kappa shape index (κ3) is 3.92. The van der Waals surface area contributed by atoms with Gasteiger partial charge in [-0.2, -0.15) is 0 Å². The summed E-state index contributed by atoms with van der Waals surface area (Å²) in [5.41, 5.74) is 0.636. The molecule has 0 heterocycles. The number of hydrogen-bond donors (Lipinski definition) is 1. The molecule has 1 N–H and O–H groups in total. The number of nitro benzene ring substituents is 1. The molecular formula is C11H16N2O4. The van der Waals surface area contributed by atoms with E-state index >= 15 is 0 Å². The standard InChI is InChI=1S/C11H16N2O4/c1-8(16-2)7-12-9-4-10(13(14)15)6-11(5-9)17-3/h4-6,8,12H,7H2,1-3H3. The van der Waals surface area contributed by atoms with Gasteiger partial charge in [0.15, 0.2) is 0 Å². The van der Waals surface area contributed by atoms with E-state index < -0.39 is 4.92 Å². The lowest BCUT2D eigenvalue weighted by Crippen LogP contribution is -2.18. The predicted octanol–water partition coefficient (Wildman–Crippen LogP) is 2.05. The molecule has 1 rings (SSSR count). The van der Waals surface area contributed by atoms with E-state index in [1.807, 2.05) is 6.92 Å². The molecule has 0 aliphatic carbocycles. The molecule has 6 nitrogen and oxygen atoms in total. The fourth-order valence-electron chi connectivity index (χ4n) is 1.25. The average molecular weight is 240 g/mol. The first-order valence-electron chi connectivity index (χ1n) is 5.17. The van der Waals surface area contributed by atoms with Crippen LogP contribution in [0.4, 0.5) is 11.4 Å². The summed E-state index contributed by atoms with van der Waals surface area (Å²) in [6.45, 7) is 2.47. The molecule has 6 heteroatoms. The first-order valence-corrected chi connectivity index (χ1v) is 5.17. The van der Waals surface area contributed by atoms with Gasteiger partial charge in [0.25, 0.3) is 5.69 Å². The van der Waals surface area contributed by atoms with Crippen LogP contribution in [0.3, 0.4) is 0 Å². The number of ether oxygens (including phenoxy) is 2. The SMILES string of the molecule is COc1cc(NCC(C)OC)cc([N+](=O)[O-])c1. The Balaban J connectivity index is 2.83. The highest BCUT2D eigenvalue weighted by molar-refractivity contribution is 5.56. The van der Waals surface area contributed by atoms with Crippen molar-refractivity contribution in [2.75, 3.05) is 26.1 Å². The van der Waals surface area contributed by atoms with Crippen LogP contribution < -0.4 is 10.1 Å². The fourth-order valence-corrected chi connectivity index (χ4v) is 1.25. The van der Waals surface area contributed by atoms with Gasteiger partial charge in [-0.1, -0.05) is 0 Å². The third-order valence-corrected chi connectivity index (χ3v) is 2.33. The summed E-state index contributed by atoms with van der Waals surface area (Å²) in [7, 11) is 3.08. The number of methoxy groups -OCH3 is 2. The Labute approximate surface area is 99.7 Å². The van der Waals surface area contributed by atoms with E-state index in [9.17, 15) is 10.1 Å². The monoisotopic (exact) mass is 240 g/mol. The summed E-state index contributed by atoms with van der Waals surface area (Å²) in [5, 5.41) is 13.8. The van der Waals surface area contributed by atoms with Crippen molar-refractivity contribution in [1.82, 2.24) is 0 Å². The highest BCUT2D eigenvalue weighted by atomic mass is 16.6. The van der Waals surface area contributed by atoms with E-state index in [0.717, 1.165) is 0 Å². The van der Waals surface area contributed by atoms with E-state index in [1.165, 1.54) is 19.2 Å². The number of nitro groups is 1. The average Bonchev–Trinajstić information content (AvgIpc) is 2.35. The van der Waals surface area contributed by atoms with Gasteiger partial charge in [0.2, 0.25) is 0 Å². The predicted molar refractivity (Wildman–Crippen MR) is 64.6 cm³/mol. The maximum absolute atomic E-state index is 10.7. The molecule has 0 spiro atoms. The van der Waals surface area contributed by atoms with Crippen LogP contribution in [0.1, 0.15) is 6.92 Å². The summed E-state index contributed by atoms with van der Waals surface area (Å²) in [4.78, 5) is 10.3. The van der Waals surface area contributed by atoms with Crippen LogP contribution in [0, 0.1) is 10.1 Å². The van der Waals surface area contributed by atoms with Gasteiger partial charge in [0, 0.05) is 31.5 Å². The Bertz CT molecular complexity index is 395. The lowest BCUT2D eigenvalue weighted by Gasteiger charge is -2.12. The second-order valence-electron chi connectivity index (χ2n) is 3.60. The molecule has 0 aromatic heterocycles. The Hall–Kier alpha value is -1.82. The second-order valence-corrected chi connectivity index (χ2v) is 3.60. The Kier molecular flexibility index (Phi) is 4.71. The van der Waals surface area contributed by atoms with Gasteiger partial charge in [0.1, 0.15) is 5.75 Å². The van der Waals surface area contributed by atoms with E-state index in [-0.39, 0.29) is 11.8 Å². The lowest BCUT2D eigenvalue weighted by atomic mass is 10.2. The molecule has 1 unspecified atom stereocenters. The van der Waals surface area contributed by atoms with Crippen molar-refractivity contribution in [2.45, 2.75) is 13.0 Å². The minimum absolute atomic E-state index is 0.00285. The zero-order valence-corrected chi connectivity index (χ0v) is 10.1. The Morgan fingerprint density at radius 2 is 2.12 bits per heavy atom. The number of nitrogens with one attached hydrogen (secondary N) is 1. The smallest absolute Gasteiger partial charge is 0.275 e. The summed E-state index contributed by atoms with van der Waals surface area (Å²) in [6, 6.07) is 4.55. The van der Waals surface area contributed by atoms with Crippen molar-refractivity contribution < 1.29 is 14.4 Å². The van der Waals surface area contributed by atoms with E-state index in [2.05, 4.69) is 5.32 Å². The number of benzene rings is 1. The Morgan fingerprint density at radius 1 is 1.41 bits per heavy atom. The molecule has 17 heavy (non-hydrogen) atoms. The van der Waals surface area contributed by atoms with Crippen molar-refractivity contribution in [3.63, 3.8) is 0 Å². The van der Waals surface area contributed by atoms with Crippen molar-refractivity contribution in [3.05, 3.63) is 28.3 Å². The maximum Gasteiger partial charge on any atom is 0.275 e. The van der Waals surface area contributed by atoms with Crippen LogP contribution in [0.25, 0.3) is 0 Å². The summed E-state index contributed by atoms with van der Waals surface area (Å²) >= 11 is 0. The van der Waals surface area contributed by atoms with Crippen molar-refractivity contribution in [2.24, 2.45) is 0 Å². The number of nitrogens with zero attached hydrogens (tertiary/aromatic N) is 1. The fraction of sp³-hybridized carbons (Fsp3) is 0.455. The number of hydrogen-bond acceptors (Lipinski definition) is 5. The zero-order valence-electron chi connectivity index (χ0n) is 10.1. The molecule has 0 saturated carbocycles. The van der Waals surface area contributed by atoms with Crippen LogP contribution in [-0.4, -0.2) is 31.8 Å². The topological polar surface area (TPSA) is 73.6 Å². The number of non-ortho nitro benzene ring substituents is 1. The molecule has 0 amide bonds. The second kappa shape index (κ2) is 6.05. The zero-order chi connectivity index (χ0) is 12.8. The minimum atomic E-state index is -0.451. The van der Waals surface area contributed by atoms with E-state index in [4.69, 9.17) is 9.47 Å². The van der Waals surface area contributed by atoms with Gasteiger partial charge in [-0.25, -0.2) is 0 Å². The number of anilines is 1. The van der Waals surface area contributed by atoms with Crippen molar-refractivity contribution in [3.8, 4) is 5.75 Å². The quantitative estimate of drug-likeness (QED) is 0.608. The van der Waals surface area contributed by atoms with Crippen LogP contribution in [-0.2, 0) is 4.74 Å². The molecule has 94 valence electrons. The minimum Gasteiger partial charge on any atom is -0.496 e. The highest BCUT2D eigenvalue weighted by Crippen LogP contribution is 2.25. The number of rotatable bonds is 6. The Morgan fingerprint density at radius 3 is 2.65 bits per heavy atom. The molecule has 0 aliphatic heterocycles. The molecule has 0 bridgehead atoms. The molecule has 1 aromatic rings. The van der Waals surface area contributed by atoms with Crippen LogP contribution >= 0.6 is 0 Å². The third-order valence-electron chi connectivity index (χ3n) is 2.33. The molecule has 0 fully saturated rings. The molecule has 0 aliphatic rings. The molecule has 0 radical (unpaired) electrons. The van der Waals surface area contributed by atoms with Crippen LogP contribution in [0.15, 0.2) is 18.2 Å². The van der Waals surface area contributed by atoms with Gasteiger partial charge in [-0.05, 0) is 6.92 Å². The molecule has 0 saturated heterocycles. The van der Waals surface area contributed by atoms with E-state index in [0.29, 0.717) is 18.0 Å². The van der Waals surface area contributed by atoms with Gasteiger partial charge >= 0.3 is 0 Å². The van der Waals surface area contributed by atoms with Crippen molar-refractivity contribution >= 4 is 11.4 Å². The summed E-state index contributed by atoms with van der Waals surface area (Å²) in [5.74, 6) is 0.451. The first-order chi connectivity index (χ1) is 8.06. The normalized spacial score (nSPS) is 11.9.